The van der Waals surface area contributed by atoms with E-state index in [4.69, 9.17) is 4.74 Å². The lowest BCUT2D eigenvalue weighted by Crippen LogP contribution is -2.27. The number of aromatic carboxylic acids is 1. The lowest BCUT2D eigenvalue weighted by molar-refractivity contribution is 0.0247. The van der Waals surface area contributed by atoms with E-state index in [9.17, 15) is 9.90 Å². The highest BCUT2D eigenvalue weighted by molar-refractivity contribution is 6.02. The number of nitrogens with zero attached hydrogens (tertiary/aromatic N) is 2. The summed E-state index contributed by atoms with van der Waals surface area (Å²) in [5, 5.41) is 21.0. The lowest BCUT2D eigenvalue weighted by Gasteiger charge is -2.23. The van der Waals surface area contributed by atoms with Crippen molar-refractivity contribution in [3.05, 3.63) is 30.0 Å². The zero-order valence-corrected chi connectivity index (χ0v) is 11.6. The number of hydrogen-bond donors (Lipinski definition) is 2. The Bertz CT molecular complexity index is 654. The van der Waals surface area contributed by atoms with E-state index in [1.54, 1.807) is 0 Å². The van der Waals surface area contributed by atoms with Gasteiger partial charge in [-0.3, -0.25) is 0 Å². The number of carbonyl (C=O) groups is 1. The van der Waals surface area contributed by atoms with Gasteiger partial charge >= 0.3 is 5.97 Å². The molecular weight excluding hydrogens is 270 g/mol. The topological polar surface area (TPSA) is 84.3 Å². The molecular formula is C15H17N3O3. The summed E-state index contributed by atoms with van der Waals surface area (Å²) in [4.78, 5) is 11.3. The van der Waals surface area contributed by atoms with Gasteiger partial charge in [-0.15, -0.1) is 10.2 Å². The summed E-state index contributed by atoms with van der Waals surface area (Å²) >= 11 is 0. The first kappa shape index (κ1) is 13.8. The first-order valence-corrected chi connectivity index (χ1v) is 7.10. The smallest absolute Gasteiger partial charge is 0.358 e. The molecule has 1 saturated heterocycles. The van der Waals surface area contributed by atoms with Crippen molar-refractivity contribution >= 4 is 22.6 Å². The molecule has 1 aromatic carbocycles. The maximum Gasteiger partial charge on any atom is 0.358 e. The molecule has 6 heteroatoms. The predicted molar refractivity (Wildman–Crippen MR) is 78.6 cm³/mol. The zero-order valence-electron chi connectivity index (χ0n) is 11.6. The molecule has 2 aromatic rings. The van der Waals surface area contributed by atoms with Crippen molar-refractivity contribution in [1.82, 2.24) is 10.2 Å². The van der Waals surface area contributed by atoms with Gasteiger partial charge in [-0.05, 0) is 25.3 Å². The summed E-state index contributed by atoms with van der Waals surface area (Å²) in [6.07, 6.45) is 3.35. The van der Waals surface area contributed by atoms with Crippen LogP contribution in [-0.4, -0.2) is 40.5 Å². The molecule has 1 aliphatic heterocycles. The molecule has 0 amide bonds. The summed E-state index contributed by atoms with van der Waals surface area (Å²) in [5.74, 6) is -1.08. The Kier molecular flexibility index (Phi) is 3.96. The molecule has 1 aliphatic rings. The van der Waals surface area contributed by atoms with Crippen LogP contribution in [0.1, 0.15) is 29.8 Å². The number of carboxylic acid groups (broad SMARTS) is 1. The molecule has 0 saturated carbocycles. The molecule has 2 heterocycles. The van der Waals surface area contributed by atoms with Gasteiger partial charge in [0.05, 0.1) is 17.3 Å². The monoisotopic (exact) mass is 287 g/mol. The van der Waals surface area contributed by atoms with Crippen molar-refractivity contribution < 1.29 is 14.6 Å². The number of anilines is 1. The molecule has 21 heavy (non-hydrogen) atoms. The molecule has 0 spiro atoms. The maximum absolute atomic E-state index is 11.3. The van der Waals surface area contributed by atoms with Crippen LogP contribution >= 0.6 is 0 Å². The Morgan fingerprint density at radius 3 is 2.95 bits per heavy atom. The fourth-order valence-electron chi connectivity index (χ4n) is 2.57. The van der Waals surface area contributed by atoms with Gasteiger partial charge in [-0.2, -0.15) is 0 Å². The Morgan fingerprint density at radius 2 is 2.19 bits per heavy atom. The van der Waals surface area contributed by atoms with Gasteiger partial charge in [0.1, 0.15) is 0 Å². The predicted octanol–water partition coefficient (Wildman–Crippen LogP) is 2.31. The molecule has 1 fully saturated rings. The number of nitrogens with one attached hydrogen (secondary N) is 1. The van der Waals surface area contributed by atoms with E-state index in [0.29, 0.717) is 17.7 Å². The van der Waals surface area contributed by atoms with Crippen LogP contribution in [0.5, 0.6) is 0 Å². The van der Waals surface area contributed by atoms with Crippen LogP contribution in [0.2, 0.25) is 0 Å². The zero-order chi connectivity index (χ0) is 14.7. The van der Waals surface area contributed by atoms with Crippen LogP contribution in [-0.2, 0) is 4.74 Å². The normalized spacial score (nSPS) is 18.6. The average molecular weight is 287 g/mol. The van der Waals surface area contributed by atoms with Crippen LogP contribution in [0.25, 0.3) is 10.9 Å². The Hall–Kier alpha value is -2.21. The summed E-state index contributed by atoms with van der Waals surface area (Å²) < 4.78 is 5.67. The maximum atomic E-state index is 11.3. The van der Waals surface area contributed by atoms with E-state index in [1.165, 1.54) is 0 Å². The van der Waals surface area contributed by atoms with E-state index < -0.39 is 5.97 Å². The molecule has 0 aliphatic carbocycles. The highest BCUT2D eigenvalue weighted by Gasteiger charge is 2.19. The fourth-order valence-corrected chi connectivity index (χ4v) is 2.57. The third-order valence-electron chi connectivity index (χ3n) is 3.65. The SMILES string of the molecule is O=C(O)c1nnc2ccccc2c1NCC1CCCCO1. The Balaban J connectivity index is 1.90. The Morgan fingerprint density at radius 1 is 1.33 bits per heavy atom. The number of fused-ring (bicyclic) bond motifs is 1. The van der Waals surface area contributed by atoms with E-state index in [0.717, 1.165) is 31.3 Å². The minimum absolute atomic E-state index is 0.0514. The van der Waals surface area contributed by atoms with Gasteiger partial charge in [0, 0.05) is 18.5 Å². The molecule has 0 bridgehead atoms. The van der Waals surface area contributed by atoms with Crippen molar-refractivity contribution in [2.45, 2.75) is 25.4 Å². The third kappa shape index (κ3) is 2.95. The van der Waals surface area contributed by atoms with Crippen LogP contribution in [0.4, 0.5) is 5.69 Å². The van der Waals surface area contributed by atoms with E-state index >= 15 is 0 Å². The van der Waals surface area contributed by atoms with Crippen molar-refractivity contribution in [3.8, 4) is 0 Å². The number of benzene rings is 1. The van der Waals surface area contributed by atoms with Crippen LogP contribution in [0.15, 0.2) is 24.3 Å². The van der Waals surface area contributed by atoms with E-state index in [-0.39, 0.29) is 11.8 Å². The summed E-state index contributed by atoms with van der Waals surface area (Å²) in [6, 6.07) is 7.38. The van der Waals surface area contributed by atoms with E-state index in [1.807, 2.05) is 24.3 Å². The first-order valence-electron chi connectivity index (χ1n) is 7.10. The first-order chi connectivity index (χ1) is 10.3. The highest BCUT2D eigenvalue weighted by Crippen LogP contribution is 2.25. The molecule has 1 unspecified atom stereocenters. The van der Waals surface area contributed by atoms with Gasteiger partial charge in [-0.25, -0.2) is 4.79 Å². The summed E-state index contributed by atoms with van der Waals surface area (Å²) in [5.41, 5.74) is 1.14. The molecule has 2 N–H and O–H groups in total. The second kappa shape index (κ2) is 6.05. The summed E-state index contributed by atoms with van der Waals surface area (Å²) in [7, 11) is 0. The van der Waals surface area contributed by atoms with Gasteiger partial charge in [0.25, 0.3) is 0 Å². The molecule has 6 nitrogen and oxygen atoms in total. The average Bonchev–Trinajstić information content (AvgIpc) is 2.53. The standard InChI is InChI=1S/C15H17N3O3/c19-15(20)14-13(16-9-10-5-3-4-8-21-10)11-6-1-2-7-12(11)17-18-14/h1-2,6-7,10H,3-5,8-9H2,(H,16,17)(H,19,20). The van der Waals surface area contributed by atoms with E-state index in [2.05, 4.69) is 15.5 Å². The van der Waals surface area contributed by atoms with Gasteiger partial charge in [-0.1, -0.05) is 18.2 Å². The largest absolute Gasteiger partial charge is 0.476 e. The van der Waals surface area contributed by atoms with Gasteiger partial charge < -0.3 is 15.2 Å². The number of carboxylic acids is 1. The molecule has 0 radical (unpaired) electrons. The van der Waals surface area contributed by atoms with Crippen LogP contribution < -0.4 is 5.32 Å². The molecule has 3 rings (SSSR count). The van der Waals surface area contributed by atoms with Crippen molar-refractivity contribution in [2.75, 3.05) is 18.5 Å². The lowest BCUT2D eigenvalue weighted by atomic mass is 10.1. The second-order valence-corrected chi connectivity index (χ2v) is 5.12. The number of ether oxygens (including phenoxy) is 1. The van der Waals surface area contributed by atoms with Crippen molar-refractivity contribution in [1.29, 1.82) is 0 Å². The van der Waals surface area contributed by atoms with Crippen molar-refractivity contribution in [3.63, 3.8) is 0 Å². The molecule has 1 aromatic heterocycles. The number of rotatable bonds is 4. The third-order valence-corrected chi connectivity index (χ3v) is 3.65. The number of hydrogen-bond acceptors (Lipinski definition) is 5. The van der Waals surface area contributed by atoms with Crippen LogP contribution in [0, 0.1) is 0 Å². The van der Waals surface area contributed by atoms with Crippen LogP contribution in [0.3, 0.4) is 0 Å². The Labute approximate surface area is 122 Å². The highest BCUT2D eigenvalue weighted by atomic mass is 16.5. The summed E-state index contributed by atoms with van der Waals surface area (Å²) in [6.45, 7) is 1.35. The number of aromatic nitrogens is 2. The fraction of sp³-hybridized carbons (Fsp3) is 0.400. The van der Waals surface area contributed by atoms with Gasteiger partial charge in [0.15, 0.2) is 5.69 Å². The van der Waals surface area contributed by atoms with Gasteiger partial charge in [0.2, 0.25) is 0 Å². The minimum atomic E-state index is -1.08. The molecule has 1 atom stereocenters. The quantitative estimate of drug-likeness (QED) is 0.897. The molecule has 110 valence electrons. The second-order valence-electron chi connectivity index (χ2n) is 5.12. The van der Waals surface area contributed by atoms with Crippen molar-refractivity contribution in [2.24, 2.45) is 0 Å². The minimum Gasteiger partial charge on any atom is -0.476 e.